The number of aliphatic hydroxyl groups excluding tert-OH is 1. The number of aliphatic hydroxyl groups is 1. The summed E-state index contributed by atoms with van der Waals surface area (Å²) in [7, 11) is 0. The highest BCUT2D eigenvalue weighted by molar-refractivity contribution is 5.66. The van der Waals surface area contributed by atoms with Crippen LogP contribution in [0.1, 0.15) is 116 Å². The maximum absolute atomic E-state index is 10.4. The largest absolute Gasteiger partial charge is 0.481 e. The zero-order valence-electron chi connectivity index (χ0n) is 22.3. The molecule has 0 saturated carbocycles. The molecule has 0 spiro atoms. The van der Waals surface area contributed by atoms with Crippen molar-refractivity contribution in [3.05, 3.63) is 72.9 Å². The van der Waals surface area contributed by atoms with Crippen molar-refractivity contribution in [1.29, 1.82) is 0 Å². The number of carboxylic acid groups (broad SMARTS) is 1. The highest BCUT2D eigenvalue weighted by Gasteiger charge is 1.97. The summed E-state index contributed by atoms with van der Waals surface area (Å²) in [6.45, 7) is 2.09. The number of carboxylic acids is 1. The summed E-state index contributed by atoms with van der Waals surface area (Å²) in [6, 6.07) is 0. The molecular weight excluding hydrogens is 432 g/mol. The predicted molar refractivity (Wildman–Crippen MR) is 153 cm³/mol. The van der Waals surface area contributed by atoms with Crippen LogP contribution in [0, 0.1) is 0 Å². The van der Waals surface area contributed by atoms with Crippen LogP contribution in [0.5, 0.6) is 0 Å². The van der Waals surface area contributed by atoms with E-state index >= 15 is 0 Å². The van der Waals surface area contributed by atoms with Gasteiger partial charge in [-0.15, -0.1) is 0 Å². The number of aliphatic carboxylic acids is 1. The number of allylic oxidation sites excluding steroid dienone is 10. The number of rotatable bonds is 24. The van der Waals surface area contributed by atoms with Crippen molar-refractivity contribution < 1.29 is 15.0 Å². The molecule has 0 aromatic carbocycles. The topological polar surface area (TPSA) is 57.5 Å². The van der Waals surface area contributed by atoms with E-state index in [1.807, 2.05) is 24.3 Å². The van der Waals surface area contributed by atoms with Crippen LogP contribution in [0.15, 0.2) is 72.9 Å². The molecule has 0 saturated heterocycles. The second-order valence-corrected chi connectivity index (χ2v) is 9.09. The van der Waals surface area contributed by atoms with E-state index in [4.69, 9.17) is 5.11 Å². The lowest BCUT2D eigenvalue weighted by Crippen LogP contribution is -1.98. The van der Waals surface area contributed by atoms with Crippen molar-refractivity contribution in [2.45, 2.75) is 122 Å². The third-order valence-corrected chi connectivity index (χ3v) is 5.69. The van der Waals surface area contributed by atoms with Crippen molar-refractivity contribution >= 4 is 5.97 Å². The van der Waals surface area contributed by atoms with E-state index in [-0.39, 0.29) is 0 Å². The molecule has 0 bridgehead atoms. The molecule has 3 nitrogen and oxygen atoms in total. The minimum absolute atomic E-state index is 0.324. The molecule has 0 radical (unpaired) electrons. The van der Waals surface area contributed by atoms with Gasteiger partial charge in [0.05, 0.1) is 6.10 Å². The minimum Gasteiger partial charge on any atom is -0.481 e. The molecule has 2 N–H and O–H groups in total. The van der Waals surface area contributed by atoms with Crippen LogP contribution >= 0.6 is 0 Å². The lowest BCUT2D eigenvalue weighted by atomic mass is 10.1. The maximum Gasteiger partial charge on any atom is 0.303 e. The lowest BCUT2D eigenvalue weighted by Gasteiger charge is -2.01. The Morgan fingerprint density at radius 1 is 0.629 bits per heavy atom. The Morgan fingerprint density at radius 2 is 1.14 bits per heavy atom. The highest BCUT2D eigenvalue weighted by atomic mass is 16.4. The first kappa shape index (κ1) is 32.9. The molecule has 0 fully saturated rings. The van der Waals surface area contributed by atoms with E-state index in [0.29, 0.717) is 12.8 Å². The molecule has 0 rings (SSSR count). The van der Waals surface area contributed by atoms with Crippen molar-refractivity contribution in [2.24, 2.45) is 0 Å². The van der Waals surface area contributed by atoms with Crippen molar-refractivity contribution in [2.75, 3.05) is 0 Å². The summed E-state index contributed by atoms with van der Waals surface area (Å²) in [5.41, 5.74) is 0. The van der Waals surface area contributed by atoms with Gasteiger partial charge in [0.25, 0.3) is 0 Å². The first-order valence-corrected chi connectivity index (χ1v) is 14.0. The van der Waals surface area contributed by atoms with Crippen molar-refractivity contribution in [1.82, 2.24) is 0 Å². The van der Waals surface area contributed by atoms with Gasteiger partial charge < -0.3 is 10.2 Å². The first-order chi connectivity index (χ1) is 17.2. The minimum atomic E-state index is -0.668. The Hall–Kier alpha value is -2.13. The van der Waals surface area contributed by atoms with Gasteiger partial charge in [0.2, 0.25) is 0 Å². The Kier molecular flexibility index (Phi) is 26.4. The second-order valence-electron chi connectivity index (χ2n) is 9.09. The first-order valence-electron chi connectivity index (χ1n) is 14.0. The van der Waals surface area contributed by atoms with Gasteiger partial charge in [-0.1, -0.05) is 131 Å². The Labute approximate surface area is 216 Å². The van der Waals surface area contributed by atoms with E-state index < -0.39 is 12.1 Å². The van der Waals surface area contributed by atoms with Crippen LogP contribution in [0.25, 0.3) is 0 Å². The molecule has 0 aliphatic carbocycles. The van der Waals surface area contributed by atoms with Crippen molar-refractivity contribution in [3.8, 4) is 0 Å². The summed E-state index contributed by atoms with van der Waals surface area (Å²) < 4.78 is 0. The van der Waals surface area contributed by atoms with E-state index in [9.17, 15) is 9.90 Å². The third-order valence-electron chi connectivity index (χ3n) is 5.69. The molecule has 0 amide bonds. The number of carbonyl (C=O) groups is 1. The summed E-state index contributed by atoms with van der Waals surface area (Å²) in [4.78, 5) is 10.4. The molecule has 0 aliphatic heterocycles. The summed E-state index contributed by atoms with van der Waals surface area (Å²) in [6.07, 6.45) is 43.3. The predicted octanol–water partition coefficient (Wildman–Crippen LogP) is 9.42. The van der Waals surface area contributed by atoms with E-state index in [0.717, 1.165) is 38.5 Å². The Balaban J connectivity index is 3.44. The van der Waals surface area contributed by atoms with Gasteiger partial charge in [0, 0.05) is 6.42 Å². The summed E-state index contributed by atoms with van der Waals surface area (Å²) >= 11 is 0. The average Bonchev–Trinajstić information content (AvgIpc) is 2.84. The fourth-order valence-corrected chi connectivity index (χ4v) is 3.62. The third kappa shape index (κ3) is 29.8. The molecule has 1 atom stereocenters. The normalized spacial score (nSPS) is 13.7. The fourth-order valence-electron chi connectivity index (χ4n) is 3.62. The van der Waals surface area contributed by atoms with Crippen LogP contribution in [0.4, 0.5) is 0 Å². The van der Waals surface area contributed by atoms with Crippen LogP contribution < -0.4 is 0 Å². The summed E-state index contributed by atoms with van der Waals surface area (Å²) in [5.74, 6) is -0.668. The molecule has 198 valence electrons. The van der Waals surface area contributed by atoms with Crippen LogP contribution in [0.2, 0.25) is 0 Å². The number of hydrogen-bond acceptors (Lipinski definition) is 2. The molecular formula is C32H52O3. The van der Waals surface area contributed by atoms with Crippen molar-refractivity contribution in [3.63, 3.8) is 0 Å². The maximum atomic E-state index is 10.4. The Morgan fingerprint density at radius 3 is 1.71 bits per heavy atom. The molecule has 1 unspecified atom stereocenters. The van der Waals surface area contributed by atoms with Gasteiger partial charge in [0.15, 0.2) is 0 Å². The summed E-state index contributed by atoms with van der Waals surface area (Å²) in [5, 5.41) is 18.4. The second kappa shape index (κ2) is 28.1. The lowest BCUT2D eigenvalue weighted by molar-refractivity contribution is -0.137. The van der Waals surface area contributed by atoms with Crippen LogP contribution in [0.3, 0.4) is 0 Å². The SMILES string of the molecule is CC/C=C\CC(O)C=CC=CCC=CCC=CCC=CCCCCCCCCCCCCC(=O)O. The van der Waals surface area contributed by atoms with Gasteiger partial charge in [-0.25, -0.2) is 0 Å². The number of hydrogen-bond donors (Lipinski definition) is 2. The fraction of sp³-hybridized carbons (Fsp3) is 0.594. The van der Waals surface area contributed by atoms with E-state index in [1.165, 1.54) is 57.8 Å². The molecule has 35 heavy (non-hydrogen) atoms. The number of unbranched alkanes of at least 4 members (excludes halogenated alkanes) is 10. The average molecular weight is 485 g/mol. The van der Waals surface area contributed by atoms with Crippen LogP contribution in [-0.4, -0.2) is 22.3 Å². The van der Waals surface area contributed by atoms with E-state index in [1.54, 1.807) is 0 Å². The molecule has 0 aromatic rings. The quantitative estimate of drug-likeness (QED) is 0.0814. The zero-order valence-corrected chi connectivity index (χ0v) is 22.3. The van der Waals surface area contributed by atoms with Gasteiger partial charge in [-0.2, -0.15) is 0 Å². The van der Waals surface area contributed by atoms with Gasteiger partial charge in [-0.3, -0.25) is 4.79 Å². The van der Waals surface area contributed by atoms with Gasteiger partial charge in [0.1, 0.15) is 0 Å². The van der Waals surface area contributed by atoms with E-state index in [2.05, 4.69) is 55.5 Å². The molecule has 3 heteroatoms. The standard InChI is InChI=1S/C32H52O3/c1-2-3-25-28-31(33)29-26-23-21-19-17-15-13-11-9-7-5-4-6-8-10-12-14-16-18-20-22-24-27-30-32(34)35/h3-5,9,11,15,17,21,23,25-26,29,31,33H,2,6-8,10,12-14,16,18-20,22,24,27-28,30H2,1H3,(H,34,35)/b5-4?,11-9?,17-15?,23-21?,25-3-,29-26?. The smallest absolute Gasteiger partial charge is 0.303 e. The molecule has 0 aliphatic rings. The molecule has 0 heterocycles. The molecule has 0 aromatic heterocycles. The monoisotopic (exact) mass is 484 g/mol. The van der Waals surface area contributed by atoms with Gasteiger partial charge in [-0.05, 0) is 51.4 Å². The zero-order chi connectivity index (χ0) is 25.7. The van der Waals surface area contributed by atoms with Crippen LogP contribution in [-0.2, 0) is 4.79 Å². The van der Waals surface area contributed by atoms with Gasteiger partial charge >= 0.3 is 5.97 Å². The highest BCUT2D eigenvalue weighted by Crippen LogP contribution is 2.12. The Bertz CT molecular complexity index is 637.